The number of benzene rings is 1. The van der Waals surface area contributed by atoms with E-state index in [4.69, 9.17) is 5.11 Å². The molecule has 5 nitrogen and oxygen atoms in total. The average molecular weight is 432 g/mol. The van der Waals surface area contributed by atoms with E-state index >= 15 is 0 Å². The molecule has 7 heteroatoms. The maximum Gasteiger partial charge on any atom is 0.311 e. The lowest BCUT2D eigenvalue weighted by Crippen LogP contribution is -2.06. The molecule has 0 bridgehead atoms. The molecule has 0 aliphatic carbocycles. The van der Waals surface area contributed by atoms with E-state index in [2.05, 4.69) is 43.3 Å². The van der Waals surface area contributed by atoms with Gasteiger partial charge in [0.25, 0.3) is 0 Å². The van der Waals surface area contributed by atoms with Crippen molar-refractivity contribution >= 4 is 39.1 Å². The molecule has 2 heterocycles. The van der Waals surface area contributed by atoms with Crippen molar-refractivity contribution in [3.8, 4) is 10.6 Å². The van der Waals surface area contributed by atoms with Gasteiger partial charge in [-0.2, -0.15) is 0 Å². The van der Waals surface area contributed by atoms with Gasteiger partial charge < -0.3 is 10.4 Å². The third-order valence-electron chi connectivity index (χ3n) is 3.98. The fourth-order valence-electron chi connectivity index (χ4n) is 2.42. The second kappa shape index (κ2) is 8.42. The first-order chi connectivity index (χ1) is 12.5. The maximum absolute atomic E-state index is 11.1. The molecule has 0 fully saturated rings. The summed E-state index contributed by atoms with van der Waals surface area (Å²) in [5.41, 5.74) is 2.04. The SMILES string of the molecule is CC(C(=O)O)c1ccc(-c2cc(NCCc3ccc(Br)cc3)ncn2)s1. The van der Waals surface area contributed by atoms with Gasteiger partial charge in [0.15, 0.2) is 0 Å². The number of nitrogens with one attached hydrogen (secondary N) is 1. The standard InChI is InChI=1S/C19H18BrN3O2S/c1-12(19(24)25)16-6-7-17(26-16)15-10-18(23-11-22-15)21-9-8-13-2-4-14(20)5-3-13/h2-7,10-12H,8-9H2,1H3,(H,24,25)(H,21,22,23). The second-order valence-corrected chi connectivity index (χ2v) is 7.88. The van der Waals surface area contributed by atoms with Crippen LogP contribution < -0.4 is 5.32 Å². The van der Waals surface area contributed by atoms with Gasteiger partial charge in [0.2, 0.25) is 0 Å². The van der Waals surface area contributed by atoms with Crippen molar-refractivity contribution in [2.75, 3.05) is 11.9 Å². The Morgan fingerprint density at radius 2 is 2.00 bits per heavy atom. The first-order valence-electron chi connectivity index (χ1n) is 8.16. The zero-order chi connectivity index (χ0) is 18.5. The minimum atomic E-state index is -0.823. The van der Waals surface area contributed by atoms with Gasteiger partial charge in [0.05, 0.1) is 16.5 Å². The summed E-state index contributed by atoms with van der Waals surface area (Å²) in [6.45, 7) is 2.46. The summed E-state index contributed by atoms with van der Waals surface area (Å²) in [7, 11) is 0. The molecule has 2 aromatic heterocycles. The highest BCUT2D eigenvalue weighted by Crippen LogP contribution is 2.31. The van der Waals surface area contributed by atoms with Gasteiger partial charge in [-0.25, -0.2) is 9.97 Å². The largest absolute Gasteiger partial charge is 0.481 e. The van der Waals surface area contributed by atoms with E-state index in [0.717, 1.165) is 38.7 Å². The molecule has 1 atom stereocenters. The Morgan fingerprint density at radius 3 is 2.73 bits per heavy atom. The van der Waals surface area contributed by atoms with E-state index in [9.17, 15) is 4.79 Å². The van der Waals surface area contributed by atoms with Crippen LogP contribution in [0.1, 0.15) is 23.3 Å². The van der Waals surface area contributed by atoms with E-state index in [0.29, 0.717) is 0 Å². The summed E-state index contributed by atoms with van der Waals surface area (Å²) in [5.74, 6) is -0.580. The highest BCUT2D eigenvalue weighted by Gasteiger charge is 2.16. The van der Waals surface area contributed by atoms with E-state index in [1.165, 1.54) is 23.2 Å². The normalized spacial score (nSPS) is 11.9. The fourth-order valence-corrected chi connectivity index (χ4v) is 3.70. The number of rotatable bonds is 7. The molecule has 134 valence electrons. The number of aliphatic carboxylic acids is 1. The molecule has 1 aromatic carbocycles. The molecule has 1 unspecified atom stereocenters. The Kier molecular flexibility index (Phi) is 6.00. The zero-order valence-electron chi connectivity index (χ0n) is 14.1. The Morgan fingerprint density at radius 1 is 1.23 bits per heavy atom. The van der Waals surface area contributed by atoms with Crippen molar-refractivity contribution in [2.24, 2.45) is 0 Å². The molecule has 3 aromatic rings. The van der Waals surface area contributed by atoms with Gasteiger partial charge in [-0.05, 0) is 43.2 Å². The van der Waals surface area contributed by atoms with Gasteiger partial charge >= 0.3 is 5.97 Å². The summed E-state index contributed by atoms with van der Waals surface area (Å²) in [5, 5.41) is 12.4. The number of aromatic nitrogens is 2. The Labute approximate surface area is 164 Å². The molecule has 2 N–H and O–H groups in total. The van der Waals surface area contributed by atoms with Crippen LogP contribution in [0.4, 0.5) is 5.82 Å². The lowest BCUT2D eigenvalue weighted by molar-refractivity contribution is -0.138. The van der Waals surface area contributed by atoms with Crippen LogP contribution >= 0.6 is 27.3 Å². The van der Waals surface area contributed by atoms with Crippen molar-refractivity contribution in [2.45, 2.75) is 19.3 Å². The fraction of sp³-hybridized carbons (Fsp3) is 0.211. The van der Waals surface area contributed by atoms with Gasteiger partial charge in [0, 0.05) is 22.0 Å². The van der Waals surface area contributed by atoms with Crippen LogP contribution in [0.25, 0.3) is 10.6 Å². The molecule has 0 saturated heterocycles. The number of hydrogen-bond acceptors (Lipinski definition) is 5. The smallest absolute Gasteiger partial charge is 0.311 e. The quantitative estimate of drug-likeness (QED) is 0.561. The van der Waals surface area contributed by atoms with E-state index in [-0.39, 0.29) is 0 Å². The highest BCUT2D eigenvalue weighted by atomic mass is 79.9. The van der Waals surface area contributed by atoms with Gasteiger partial charge in [0.1, 0.15) is 12.1 Å². The summed E-state index contributed by atoms with van der Waals surface area (Å²) >= 11 is 4.88. The molecular weight excluding hydrogens is 414 g/mol. The van der Waals surface area contributed by atoms with Crippen molar-refractivity contribution in [1.82, 2.24) is 9.97 Å². The molecule has 0 spiro atoms. The predicted octanol–water partition coefficient (Wildman–Crippen LogP) is 4.81. The minimum Gasteiger partial charge on any atom is -0.481 e. The topological polar surface area (TPSA) is 75.1 Å². The van der Waals surface area contributed by atoms with Crippen LogP contribution in [0.3, 0.4) is 0 Å². The molecular formula is C19H18BrN3O2S. The third-order valence-corrected chi connectivity index (χ3v) is 5.80. The second-order valence-electron chi connectivity index (χ2n) is 5.85. The third kappa shape index (κ3) is 4.68. The number of halogens is 1. The van der Waals surface area contributed by atoms with Crippen molar-refractivity contribution in [3.63, 3.8) is 0 Å². The number of carboxylic acids is 1. The van der Waals surface area contributed by atoms with Crippen LogP contribution in [0.2, 0.25) is 0 Å². The first kappa shape index (κ1) is 18.5. The Hall–Kier alpha value is -2.25. The van der Waals surface area contributed by atoms with Crippen LogP contribution in [0.15, 0.2) is 53.3 Å². The van der Waals surface area contributed by atoms with Crippen LogP contribution in [-0.2, 0) is 11.2 Å². The molecule has 0 saturated carbocycles. The lowest BCUT2D eigenvalue weighted by atomic mass is 10.1. The van der Waals surface area contributed by atoms with E-state index in [1.807, 2.05) is 30.3 Å². The molecule has 0 radical (unpaired) electrons. The number of hydrogen-bond donors (Lipinski definition) is 2. The number of carbonyl (C=O) groups is 1. The molecule has 0 amide bonds. The minimum absolute atomic E-state index is 0.515. The number of anilines is 1. The van der Waals surface area contributed by atoms with Gasteiger partial charge in [-0.15, -0.1) is 11.3 Å². The van der Waals surface area contributed by atoms with Gasteiger partial charge in [-0.1, -0.05) is 28.1 Å². The maximum atomic E-state index is 11.1. The molecule has 0 aliphatic heterocycles. The average Bonchev–Trinajstić information content (AvgIpc) is 3.13. The highest BCUT2D eigenvalue weighted by molar-refractivity contribution is 9.10. The van der Waals surface area contributed by atoms with Crippen LogP contribution in [0.5, 0.6) is 0 Å². The number of carboxylic acid groups (broad SMARTS) is 1. The van der Waals surface area contributed by atoms with Crippen LogP contribution in [0, 0.1) is 0 Å². The zero-order valence-corrected chi connectivity index (χ0v) is 16.5. The first-order valence-corrected chi connectivity index (χ1v) is 9.77. The van der Waals surface area contributed by atoms with Gasteiger partial charge in [-0.3, -0.25) is 4.79 Å². The van der Waals surface area contributed by atoms with E-state index < -0.39 is 11.9 Å². The van der Waals surface area contributed by atoms with Crippen molar-refractivity contribution in [3.05, 3.63) is 63.7 Å². The molecule has 0 aliphatic rings. The summed E-state index contributed by atoms with van der Waals surface area (Å²) in [6, 6.07) is 13.9. The lowest BCUT2D eigenvalue weighted by Gasteiger charge is -2.07. The van der Waals surface area contributed by atoms with E-state index in [1.54, 1.807) is 6.92 Å². The van der Waals surface area contributed by atoms with Crippen LogP contribution in [-0.4, -0.2) is 27.6 Å². The monoisotopic (exact) mass is 431 g/mol. The predicted molar refractivity (Wildman–Crippen MR) is 108 cm³/mol. The summed E-state index contributed by atoms with van der Waals surface area (Å²) in [4.78, 5) is 21.4. The van der Waals surface area contributed by atoms with Crippen molar-refractivity contribution < 1.29 is 9.90 Å². The molecule has 26 heavy (non-hydrogen) atoms. The molecule has 3 rings (SSSR count). The van der Waals surface area contributed by atoms with Crippen molar-refractivity contribution in [1.29, 1.82) is 0 Å². The summed E-state index contributed by atoms with van der Waals surface area (Å²) in [6.07, 6.45) is 2.42. The Balaban J connectivity index is 1.64. The Bertz CT molecular complexity index is 896. The summed E-state index contributed by atoms with van der Waals surface area (Å²) < 4.78 is 1.07. The number of nitrogens with zero attached hydrogens (tertiary/aromatic N) is 2. The number of thiophene rings is 1.